The van der Waals surface area contributed by atoms with Crippen molar-refractivity contribution in [2.75, 3.05) is 13.2 Å². The molecule has 0 unspecified atom stereocenters. The third-order valence-corrected chi connectivity index (χ3v) is 4.75. The van der Waals surface area contributed by atoms with Gasteiger partial charge < -0.3 is 10.1 Å². The predicted octanol–water partition coefficient (Wildman–Crippen LogP) is 3.42. The Morgan fingerprint density at radius 3 is 2.84 bits per heavy atom. The van der Waals surface area contributed by atoms with Gasteiger partial charge in [-0.3, -0.25) is 9.48 Å². The maximum Gasteiger partial charge on any atom is 0.258 e. The highest BCUT2D eigenvalue weighted by Gasteiger charge is 2.08. The Bertz CT molecular complexity index is 840. The van der Waals surface area contributed by atoms with E-state index in [0.717, 1.165) is 27.6 Å². The Morgan fingerprint density at radius 1 is 1.24 bits per heavy atom. The summed E-state index contributed by atoms with van der Waals surface area (Å²) in [6, 6.07) is 13.8. The van der Waals surface area contributed by atoms with Gasteiger partial charge in [0.1, 0.15) is 11.4 Å². The number of amides is 1. The van der Waals surface area contributed by atoms with Crippen molar-refractivity contribution in [2.24, 2.45) is 0 Å². The second-order valence-electron chi connectivity index (χ2n) is 5.78. The minimum atomic E-state index is -0.133. The first kappa shape index (κ1) is 17.2. The van der Waals surface area contributed by atoms with E-state index in [-0.39, 0.29) is 12.5 Å². The average Bonchev–Trinajstić information content (AvgIpc) is 3.24. The third-order valence-electron chi connectivity index (χ3n) is 3.85. The molecule has 0 fully saturated rings. The number of hydrogen-bond donors (Lipinski definition) is 1. The number of para-hydroxylation sites is 1. The first-order valence-corrected chi connectivity index (χ1v) is 9.05. The summed E-state index contributed by atoms with van der Waals surface area (Å²) in [5.74, 6) is 0.604. The van der Waals surface area contributed by atoms with Gasteiger partial charge in [0.2, 0.25) is 0 Å². The van der Waals surface area contributed by atoms with Crippen LogP contribution in [0.1, 0.15) is 11.3 Å². The van der Waals surface area contributed by atoms with E-state index in [9.17, 15) is 4.79 Å². The van der Waals surface area contributed by atoms with Crippen LogP contribution in [0.5, 0.6) is 5.75 Å². The number of aryl methyl sites for hydroxylation is 2. The van der Waals surface area contributed by atoms with Crippen LogP contribution in [-0.4, -0.2) is 28.8 Å². The molecule has 25 heavy (non-hydrogen) atoms. The van der Waals surface area contributed by atoms with E-state index in [0.29, 0.717) is 13.1 Å². The Labute approximate surface area is 151 Å². The SMILES string of the molecule is Cc1ccccc1OCC(=O)NCCn1nc(-c2cccs2)cc1C. The number of ether oxygens (including phenoxy) is 1. The molecule has 5 nitrogen and oxygen atoms in total. The molecule has 0 atom stereocenters. The fourth-order valence-electron chi connectivity index (χ4n) is 2.50. The van der Waals surface area contributed by atoms with Crippen LogP contribution in [0.25, 0.3) is 10.6 Å². The van der Waals surface area contributed by atoms with Crippen LogP contribution in [0.4, 0.5) is 0 Å². The first-order valence-electron chi connectivity index (χ1n) is 8.17. The summed E-state index contributed by atoms with van der Waals surface area (Å²) in [7, 11) is 0. The molecule has 0 aliphatic carbocycles. The molecule has 2 aromatic heterocycles. The van der Waals surface area contributed by atoms with Crippen molar-refractivity contribution in [3.05, 3.63) is 59.1 Å². The Hall–Kier alpha value is -2.60. The third kappa shape index (κ3) is 4.48. The number of nitrogens with one attached hydrogen (secondary N) is 1. The molecule has 0 spiro atoms. The van der Waals surface area contributed by atoms with Gasteiger partial charge in [0.25, 0.3) is 5.91 Å². The number of rotatable bonds is 7. The lowest BCUT2D eigenvalue weighted by molar-refractivity contribution is -0.123. The molecule has 6 heteroatoms. The highest BCUT2D eigenvalue weighted by molar-refractivity contribution is 7.13. The van der Waals surface area contributed by atoms with E-state index in [1.54, 1.807) is 11.3 Å². The molecule has 0 radical (unpaired) electrons. The second-order valence-corrected chi connectivity index (χ2v) is 6.72. The van der Waals surface area contributed by atoms with Crippen LogP contribution < -0.4 is 10.1 Å². The molecule has 3 rings (SSSR count). The predicted molar refractivity (Wildman–Crippen MR) is 100.0 cm³/mol. The summed E-state index contributed by atoms with van der Waals surface area (Å²) >= 11 is 1.67. The van der Waals surface area contributed by atoms with E-state index in [4.69, 9.17) is 4.74 Å². The van der Waals surface area contributed by atoms with Crippen molar-refractivity contribution in [2.45, 2.75) is 20.4 Å². The van der Waals surface area contributed by atoms with Crippen LogP contribution in [-0.2, 0) is 11.3 Å². The molecule has 0 aliphatic heterocycles. The second kappa shape index (κ2) is 7.98. The fraction of sp³-hybridized carbons (Fsp3) is 0.263. The van der Waals surface area contributed by atoms with Gasteiger partial charge in [-0.1, -0.05) is 24.3 Å². The van der Waals surface area contributed by atoms with Crippen molar-refractivity contribution in [1.29, 1.82) is 0 Å². The molecule has 1 aromatic carbocycles. The van der Waals surface area contributed by atoms with Crippen LogP contribution in [0.3, 0.4) is 0 Å². The monoisotopic (exact) mass is 355 g/mol. The lowest BCUT2D eigenvalue weighted by atomic mass is 10.2. The summed E-state index contributed by atoms with van der Waals surface area (Å²) in [6.45, 7) is 5.14. The van der Waals surface area contributed by atoms with E-state index in [1.165, 1.54) is 0 Å². The number of benzene rings is 1. The topological polar surface area (TPSA) is 56.1 Å². The zero-order valence-corrected chi connectivity index (χ0v) is 15.2. The first-order chi connectivity index (χ1) is 12.1. The molecule has 0 saturated heterocycles. The minimum Gasteiger partial charge on any atom is -0.484 e. The molecular formula is C19H21N3O2S. The van der Waals surface area contributed by atoms with Gasteiger partial charge in [-0.25, -0.2) is 0 Å². The normalized spacial score (nSPS) is 10.6. The van der Waals surface area contributed by atoms with E-state index >= 15 is 0 Å². The zero-order chi connectivity index (χ0) is 17.6. The van der Waals surface area contributed by atoms with Gasteiger partial charge in [0, 0.05) is 12.2 Å². The number of nitrogens with zero attached hydrogens (tertiary/aromatic N) is 2. The largest absolute Gasteiger partial charge is 0.484 e. The standard InChI is InChI=1S/C19H21N3O2S/c1-14-6-3-4-7-17(14)24-13-19(23)20-9-10-22-15(2)12-16(21-22)18-8-5-11-25-18/h3-8,11-12H,9-10,13H2,1-2H3,(H,20,23). The van der Waals surface area contributed by atoms with Gasteiger partial charge in [-0.2, -0.15) is 5.10 Å². The van der Waals surface area contributed by atoms with Gasteiger partial charge in [-0.05, 0) is 43.0 Å². The molecule has 1 amide bonds. The number of thiophene rings is 1. The smallest absolute Gasteiger partial charge is 0.258 e. The zero-order valence-electron chi connectivity index (χ0n) is 14.4. The van der Waals surface area contributed by atoms with E-state index in [2.05, 4.69) is 22.5 Å². The maximum absolute atomic E-state index is 11.9. The van der Waals surface area contributed by atoms with E-state index < -0.39 is 0 Å². The summed E-state index contributed by atoms with van der Waals surface area (Å²) in [5, 5.41) is 9.51. The average molecular weight is 355 g/mol. The van der Waals surface area contributed by atoms with Gasteiger partial charge >= 0.3 is 0 Å². The molecule has 1 N–H and O–H groups in total. The lowest BCUT2D eigenvalue weighted by Gasteiger charge is -2.10. The van der Waals surface area contributed by atoms with Gasteiger partial charge in [-0.15, -0.1) is 11.3 Å². The van der Waals surface area contributed by atoms with Crippen LogP contribution >= 0.6 is 11.3 Å². The van der Waals surface area contributed by atoms with Crippen molar-refractivity contribution in [3.8, 4) is 16.3 Å². The lowest BCUT2D eigenvalue weighted by Crippen LogP contribution is -2.32. The van der Waals surface area contributed by atoms with Crippen molar-refractivity contribution < 1.29 is 9.53 Å². The molecule has 0 saturated carbocycles. The minimum absolute atomic E-state index is 0.0172. The highest BCUT2D eigenvalue weighted by Crippen LogP contribution is 2.23. The number of hydrogen-bond acceptors (Lipinski definition) is 4. The Kier molecular flexibility index (Phi) is 5.50. The summed E-state index contributed by atoms with van der Waals surface area (Å²) in [5.41, 5.74) is 3.07. The number of carbonyl (C=O) groups is 1. The van der Waals surface area contributed by atoms with Crippen molar-refractivity contribution in [1.82, 2.24) is 15.1 Å². The molecule has 3 aromatic rings. The van der Waals surface area contributed by atoms with Gasteiger partial charge in [0.15, 0.2) is 6.61 Å². The Morgan fingerprint density at radius 2 is 2.08 bits per heavy atom. The fourth-order valence-corrected chi connectivity index (χ4v) is 3.18. The molecule has 0 aliphatic rings. The number of carbonyl (C=O) groups excluding carboxylic acids is 1. The summed E-state index contributed by atoms with van der Waals surface area (Å²) < 4.78 is 7.46. The van der Waals surface area contributed by atoms with Crippen molar-refractivity contribution in [3.63, 3.8) is 0 Å². The summed E-state index contributed by atoms with van der Waals surface area (Å²) in [6.07, 6.45) is 0. The quantitative estimate of drug-likeness (QED) is 0.706. The highest BCUT2D eigenvalue weighted by atomic mass is 32.1. The van der Waals surface area contributed by atoms with Crippen LogP contribution in [0.2, 0.25) is 0 Å². The number of aromatic nitrogens is 2. The van der Waals surface area contributed by atoms with Crippen LogP contribution in [0.15, 0.2) is 47.8 Å². The Balaban J connectivity index is 1.46. The molecule has 2 heterocycles. The van der Waals surface area contributed by atoms with E-state index in [1.807, 2.05) is 54.2 Å². The molecule has 0 bridgehead atoms. The molecular weight excluding hydrogens is 334 g/mol. The summed E-state index contributed by atoms with van der Waals surface area (Å²) in [4.78, 5) is 13.1. The maximum atomic E-state index is 11.9. The van der Waals surface area contributed by atoms with Gasteiger partial charge in [0.05, 0.1) is 11.4 Å². The van der Waals surface area contributed by atoms with Crippen LogP contribution in [0, 0.1) is 13.8 Å². The molecule has 130 valence electrons. The van der Waals surface area contributed by atoms with Crippen molar-refractivity contribution >= 4 is 17.2 Å².